The van der Waals surface area contributed by atoms with Gasteiger partial charge in [0.15, 0.2) is 0 Å². The van der Waals surface area contributed by atoms with Crippen LogP contribution in [0.2, 0.25) is 0 Å². The third-order valence-corrected chi connectivity index (χ3v) is 2.89. The molecule has 1 aromatic carbocycles. The highest BCUT2D eigenvalue weighted by Gasteiger charge is 2.29. The summed E-state index contributed by atoms with van der Waals surface area (Å²) in [5.41, 5.74) is 0.918. The summed E-state index contributed by atoms with van der Waals surface area (Å²) < 4.78 is 0. The van der Waals surface area contributed by atoms with Gasteiger partial charge in [-0.3, -0.25) is 0 Å². The first kappa shape index (κ1) is 15.7. The molecular formula is C16H25N. The van der Waals surface area contributed by atoms with E-state index >= 15 is 0 Å². The predicted octanol–water partition coefficient (Wildman–Crippen LogP) is 5.07. The molecule has 0 unspecified atom stereocenters. The van der Waals surface area contributed by atoms with E-state index in [1.54, 1.807) is 0 Å². The summed E-state index contributed by atoms with van der Waals surface area (Å²) >= 11 is 0. The van der Waals surface area contributed by atoms with Crippen molar-refractivity contribution in [2.24, 2.45) is 0 Å². The van der Waals surface area contributed by atoms with E-state index in [1.165, 1.54) is 5.56 Å². The largest absolute Gasteiger partial charge is 0.197 e. The van der Waals surface area contributed by atoms with Gasteiger partial charge in [-0.1, -0.05) is 70.9 Å². The Hall–Kier alpha value is -1.29. The van der Waals surface area contributed by atoms with Crippen LogP contribution in [0.5, 0.6) is 0 Å². The second kappa shape index (κ2) is 8.82. The summed E-state index contributed by atoms with van der Waals surface area (Å²) in [6, 6.07) is 12.7. The van der Waals surface area contributed by atoms with Gasteiger partial charge in [0.1, 0.15) is 0 Å². The molecule has 0 spiro atoms. The number of rotatable bonds is 5. The normalized spacial score (nSPS) is 10.1. The maximum atomic E-state index is 9.44. The lowest BCUT2D eigenvalue weighted by atomic mass is 9.75. The van der Waals surface area contributed by atoms with Crippen LogP contribution in [-0.2, 0) is 5.41 Å². The van der Waals surface area contributed by atoms with Gasteiger partial charge in [0.05, 0.1) is 11.5 Å². The summed E-state index contributed by atoms with van der Waals surface area (Å²) in [7, 11) is 0. The molecule has 1 rings (SSSR count). The van der Waals surface area contributed by atoms with Crippen LogP contribution in [0.4, 0.5) is 0 Å². The van der Waals surface area contributed by atoms with Crippen molar-refractivity contribution in [2.45, 2.75) is 58.8 Å². The van der Waals surface area contributed by atoms with E-state index in [-0.39, 0.29) is 5.41 Å². The van der Waals surface area contributed by atoms with Crippen LogP contribution in [0.1, 0.15) is 58.9 Å². The van der Waals surface area contributed by atoms with Crippen molar-refractivity contribution in [1.29, 1.82) is 5.26 Å². The summed E-state index contributed by atoms with van der Waals surface area (Å²) in [5.74, 6) is 0. The van der Waals surface area contributed by atoms with Crippen molar-refractivity contribution in [2.75, 3.05) is 0 Å². The third-order valence-electron chi connectivity index (χ3n) is 2.89. The third kappa shape index (κ3) is 4.23. The fourth-order valence-electron chi connectivity index (χ4n) is 2.20. The predicted molar refractivity (Wildman–Crippen MR) is 74.9 cm³/mol. The Labute approximate surface area is 106 Å². The summed E-state index contributed by atoms with van der Waals surface area (Å²) in [6.07, 6.45) is 4.04. The van der Waals surface area contributed by atoms with Crippen molar-refractivity contribution in [3.63, 3.8) is 0 Å². The Morgan fingerprint density at radius 2 is 1.47 bits per heavy atom. The maximum Gasteiger partial charge on any atom is 0.0822 e. The van der Waals surface area contributed by atoms with Crippen LogP contribution >= 0.6 is 0 Å². The Morgan fingerprint density at radius 3 is 1.82 bits per heavy atom. The molecule has 17 heavy (non-hydrogen) atoms. The van der Waals surface area contributed by atoms with E-state index < -0.39 is 0 Å². The fraction of sp³-hybridized carbons (Fsp3) is 0.562. The second-order valence-corrected chi connectivity index (χ2v) is 4.06. The van der Waals surface area contributed by atoms with Gasteiger partial charge >= 0.3 is 0 Å². The number of benzene rings is 1. The van der Waals surface area contributed by atoms with Crippen molar-refractivity contribution < 1.29 is 0 Å². The molecule has 0 radical (unpaired) electrons. The van der Waals surface area contributed by atoms with E-state index in [4.69, 9.17) is 0 Å². The van der Waals surface area contributed by atoms with E-state index in [0.717, 1.165) is 25.7 Å². The first-order valence-corrected chi connectivity index (χ1v) is 6.76. The van der Waals surface area contributed by atoms with Crippen LogP contribution in [0.3, 0.4) is 0 Å². The zero-order valence-corrected chi connectivity index (χ0v) is 11.7. The number of hydrogen-bond acceptors (Lipinski definition) is 1. The number of nitrogens with zero attached hydrogens (tertiary/aromatic N) is 1. The van der Waals surface area contributed by atoms with Gasteiger partial charge in [0.2, 0.25) is 0 Å². The van der Waals surface area contributed by atoms with Gasteiger partial charge < -0.3 is 0 Å². The van der Waals surface area contributed by atoms with Crippen LogP contribution in [0.15, 0.2) is 30.3 Å². The van der Waals surface area contributed by atoms with Gasteiger partial charge in [-0.05, 0) is 18.4 Å². The minimum atomic E-state index is -0.259. The minimum Gasteiger partial charge on any atom is -0.197 e. The standard InChI is InChI=1S/C14H19N.C2H6/c1-3-10-14(12-15,11-4-2)13-8-6-5-7-9-13;1-2/h5-9H,3-4,10-11H2,1-2H3;1-2H3. The average molecular weight is 231 g/mol. The molecule has 0 saturated heterocycles. The number of hydrogen-bond donors (Lipinski definition) is 0. The highest BCUT2D eigenvalue weighted by molar-refractivity contribution is 5.32. The van der Waals surface area contributed by atoms with Gasteiger partial charge in [-0.2, -0.15) is 5.26 Å². The van der Waals surface area contributed by atoms with E-state index in [1.807, 2.05) is 32.0 Å². The lowest BCUT2D eigenvalue weighted by Gasteiger charge is -2.26. The Balaban J connectivity index is 0.00000121. The Kier molecular flexibility index (Phi) is 8.15. The molecule has 0 aliphatic heterocycles. The van der Waals surface area contributed by atoms with Crippen LogP contribution in [-0.4, -0.2) is 0 Å². The maximum absolute atomic E-state index is 9.44. The minimum absolute atomic E-state index is 0.259. The first-order valence-electron chi connectivity index (χ1n) is 6.76. The molecule has 0 amide bonds. The zero-order chi connectivity index (χ0) is 13.1. The highest BCUT2D eigenvalue weighted by Crippen LogP contribution is 2.33. The summed E-state index contributed by atoms with van der Waals surface area (Å²) in [5, 5.41) is 9.44. The number of nitriles is 1. The van der Waals surface area contributed by atoms with Gasteiger partial charge in [-0.15, -0.1) is 0 Å². The summed E-state index contributed by atoms with van der Waals surface area (Å²) in [6.45, 7) is 8.29. The van der Waals surface area contributed by atoms with Gasteiger partial charge in [-0.25, -0.2) is 0 Å². The fourth-order valence-corrected chi connectivity index (χ4v) is 2.20. The van der Waals surface area contributed by atoms with Gasteiger partial charge in [0, 0.05) is 0 Å². The molecule has 0 aliphatic carbocycles. The van der Waals surface area contributed by atoms with Crippen molar-refractivity contribution in [3.05, 3.63) is 35.9 Å². The Morgan fingerprint density at radius 1 is 1.00 bits per heavy atom. The topological polar surface area (TPSA) is 23.8 Å². The molecule has 0 fully saturated rings. The molecule has 0 aliphatic rings. The quantitative estimate of drug-likeness (QED) is 0.693. The molecule has 0 saturated carbocycles. The molecule has 1 nitrogen and oxygen atoms in total. The molecule has 1 heteroatoms. The molecule has 0 aromatic heterocycles. The lowest BCUT2D eigenvalue weighted by Crippen LogP contribution is -2.23. The molecule has 0 atom stereocenters. The van der Waals surface area contributed by atoms with Crippen LogP contribution < -0.4 is 0 Å². The first-order chi connectivity index (χ1) is 8.29. The molecule has 1 aromatic rings. The van der Waals surface area contributed by atoms with E-state index in [9.17, 15) is 5.26 Å². The average Bonchev–Trinajstić information content (AvgIpc) is 2.41. The second-order valence-electron chi connectivity index (χ2n) is 4.06. The van der Waals surface area contributed by atoms with Crippen LogP contribution in [0.25, 0.3) is 0 Å². The molecular weight excluding hydrogens is 206 g/mol. The smallest absolute Gasteiger partial charge is 0.0822 e. The molecule has 0 heterocycles. The SMILES string of the molecule is CC.CCCC(C#N)(CCC)c1ccccc1. The molecule has 0 N–H and O–H groups in total. The van der Waals surface area contributed by atoms with Crippen molar-refractivity contribution in [1.82, 2.24) is 0 Å². The van der Waals surface area contributed by atoms with Gasteiger partial charge in [0.25, 0.3) is 0 Å². The van der Waals surface area contributed by atoms with Crippen molar-refractivity contribution in [3.8, 4) is 6.07 Å². The Bertz CT molecular complexity index is 315. The van der Waals surface area contributed by atoms with Crippen LogP contribution in [0, 0.1) is 11.3 Å². The highest BCUT2D eigenvalue weighted by atomic mass is 14.4. The van der Waals surface area contributed by atoms with E-state index in [0.29, 0.717) is 0 Å². The molecule has 0 bridgehead atoms. The van der Waals surface area contributed by atoms with E-state index in [2.05, 4.69) is 32.0 Å². The monoisotopic (exact) mass is 231 g/mol. The lowest BCUT2D eigenvalue weighted by molar-refractivity contribution is 0.453. The van der Waals surface area contributed by atoms with Crippen molar-refractivity contribution >= 4 is 0 Å². The molecule has 94 valence electrons. The summed E-state index contributed by atoms with van der Waals surface area (Å²) in [4.78, 5) is 0. The zero-order valence-electron chi connectivity index (χ0n) is 11.7.